The molecular formula is C9H9ClF3NO. The molecule has 0 heterocycles. The Balaban J connectivity index is 2.84. The number of alkyl halides is 3. The first kappa shape index (κ1) is 12.1. The van der Waals surface area contributed by atoms with Crippen molar-refractivity contribution in [1.29, 1.82) is 0 Å². The average molecular weight is 240 g/mol. The van der Waals surface area contributed by atoms with Crippen molar-refractivity contribution in [1.82, 2.24) is 5.32 Å². The maximum Gasteiger partial charge on any atom is 0.573 e. The number of rotatable bonds is 3. The average Bonchev–Trinajstić information content (AvgIpc) is 2.08. The maximum absolute atomic E-state index is 11.9. The number of hydrogen-bond acceptors (Lipinski definition) is 2. The van der Waals surface area contributed by atoms with Gasteiger partial charge in [-0.3, -0.25) is 0 Å². The van der Waals surface area contributed by atoms with Gasteiger partial charge in [-0.05, 0) is 24.7 Å². The van der Waals surface area contributed by atoms with Gasteiger partial charge in [0.1, 0.15) is 5.75 Å². The number of ether oxygens (including phenoxy) is 1. The molecular weight excluding hydrogens is 231 g/mol. The fourth-order valence-electron chi connectivity index (χ4n) is 1.07. The van der Waals surface area contributed by atoms with E-state index in [-0.39, 0.29) is 10.8 Å². The first-order valence-electron chi connectivity index (χ1n) is 4.11. The molecule has 0 unspecified atom stereocenters. The molecule has 0 radical (unpaired) electrons. The van der Waals surface area contributed by atoms with E-state index in [1.807, 2.05) is 0 Å². The zero-order valence-corrected chi connectivity index (χ0v) is 8.62. The molecule has 0 atom stereocenters. The molecule has 0 saturated heterocycles. The van der Waals surface area contributed by atoms with Crippen molar-refractivity contribution in [3.8, 4) is 5.75 Å². The molecule has 0 saturated carbocycles. The Kier molecular flexibility index (Phi) is 3.82. The van der Waals surface area contributed by atoms with Gasteiger partial charge in [0.05, 0.1) is 5.02 Å². The number of hydrogen-bond donors (Lipinski definition) is 1. The molecule has 0 bridgehead atoms. The molecule has 15 heavy (non-hydrogen) atoms. The van der Waals surface area contributed by atoms with E-state index in [9.17, 15) is 13.2 Å². The summed E-state index contributed by atoms with van der Waals surface area (Å²) >= 11 is 5.62. The van der Waals surface area contributed by atoms with Crippen LogP contribution < -0.4 is 10.1 Å². The molecule has 0 aliphatic rings. The predicted octanol–water partition coefficient (Wildman–Crippen LogP) is 2.96. The van der Waals surface area contributed by atoms with Crippen molar-refractivity contribution in [3.63, 3.8) is 0 Å². The highest BCUT2D eigenvalue weighted by molar-refractivity contribution is 6.32. The van der Waals surface area contributed by atoms with Crippen molar-refractivity contribution in [2.45, 2.75) is 12.9 Å². The summed E-state index contributed by atoms with van der Waals surface area (Å²) in [4.78, 5) is 0. The van der Waals surface area contributed by atoms with Gasteiger partial charge in [-0.1, -0.05) is 17.7 Å². The van der Waals surface area contributed by atoms with E-state index in [1.54, 1.807) is 7.05 Å². The second kappa shape index (κ2) is 4.72. The molecule has 0 aromatic heterocycles. The molecule has 1 rings (SSSR count). The van der Waals surface area contributed by atoms with Crippen LogP contribution in [0, 0.1) is 0 Å². The summed E-state index contributed by atoms with van der Waals surface area (Å²) in [6.45, 7) is 0.534. The molecule has 2 nitrogen and oxygen atoms in total. The Bertz CT molecular complexity index is 341. The zero-order chi connectivity index (χ0) is 11.5. The van der Waals surface area contributed by atoms with E-state index in [4.69, 9.17) is 11.6 Å². The van der Waals surface area contributed by atoms with Crippen LogP contribution in [-0.4, -0.2) is 13.4 Å². The minimum absolute atomic E-state index is 0.0555. The SMILES string of the molecule is CNCc1ccc(OC(F)(F)F)c(Cl)c1. The van der Waals surface area contributed by atoms with E-state index in [0.29, 0.717) is 6.54 Å². The third kappa shape index (κ3) is 3.97. The van der Waals surface area contributed by atoms with E-state index in [1.165, 1.54) is 18.2 Å². The first-order chi connectivity index (χ1) is 6.92. The van der Waals surface area contributed by atoms with E-state index < -0.39 is 6.36 Å². The van der Waals surface area contributed by atoms with Gasteiger partial charge in [0.2, 0.25) is 0 Å². The molecule has 0 fully saturated rings. The molecule has 0 aliphatic carbocycles. The van der Waals surface area contributed by atoms with Gasteiger partial charge < -0.3 is 10.1 Å². The van der Waals surface area contributed by atoms with Gasteiger partial charge in [0.15, 0.2) is 0 Å². The van der Waals surface area contributed by atoms with Crippen LogP contribution in [0.25, 0.3) is 0 Å². The van der Waals surface area contributed by atoms with Crippen LogP contribution in [0.2, 0.25) is 5.02 Å². The van der Waals surface area contributed by atoms with Gasteiger partial charge in [-0.2, -0.15) is 0 Å². The summed E-state index contributed by atoms with van der Waals surface area (Å²) in [7, 11) is 1.73. The third-order valence-electron chi connectivity index (χ3n) is 1.60. The minimum Gasteiger partial charge on any atom is -0.404 e. The highest BCUT2D eigenvalue weighted by atomic mass is 35.5. The van der Waals surface area contributed by atoms with Crippen molar-refractivity contribution in [3.05, 3.63) is 28.8 Å². The normalized spacial score (nSPS) is 11.5. The summed E-state index contributed by atoms with van der Waals surface area (Å²) in [5.41, 5.74) is 0.789. The standard InChI is InChI=1S/C9H9ClF3NO/c1-14-5-6-2-3-8(7(10)4-6)15-9(11,12)13/h2-4,14H,5H2,1H3. The molecule has 1 N–H and O–H groups in total. The molecule has 1 aromatic carbocycles. The second-order valence-corrected chi connectivity index (χ2v) is 3.25. The van der Waals surface area contributed by atoms with Crippen LogP contribution in [-0.2, 0) is 6.54 Å². The van der Waals surface area contributed by atoms with Crippen LogP contribution in [0.5, 0.6) is 5.75 Å². The predicted molar refractivity (Wildman–Crippen MR) is 50.9 cm³/mol. The Morgan fingerprint density at radius 1 is 1.40 bits per heavy atom. The van der Waals surface area contributed by atoms with E-state index in [2.05, 4.69) is 10.1 Å². The largest absolute Gasteiger partial charge is 0.573 e. The van der Waals surface area contributed by atoms with Gasteiger partial charge in [-0.25, -0.2) is 0 Å². The molecule has 0 aliphatic heterocycles. The van der Waals surface area contributed by atoms with Crippen LogP contribution in [0.4, 0.5) is 13.2 Å². The highest BCUT2D eigenvalue weighted by Crippen LogP contribution is 2.30. The molecule has 84 valence electrons. The summed E-state index contributed by atoms with van der Waals surface area (Å²) in [6, 6.07) is 4.14. The first-order valence-corrected chi connectivity index (χ1v) is 4.49. The van der Waals surface area contributed by atoms with Crippen molar-refractivity contribution in [2.24, 2.45) is 0 Å². The van der Waals surface area contributed by atoms with Gasteiger partial charge in [0, 0.05) is 6.54 Å². The van der Waals surface area contributed by atoms with Crippen LogP contribution >= 0.6 is 11.6 Å². The topological polar surface area (TPSA) is 21.3 Å². The fraction of sp³-hybridized carbons (Fsp3) is 0.333. The van der Waals surface area contributed by atoms with E-state index >= 15 is 0 Å². The second-order valence-electron chi connectivity index (χ2n) is 2.84. The van der Waals surface area contributed by atoms with Crippen molar-refractivity contribution in [2.75, 3.05) is 7.05 Å². The van der Waals surface area contributed by atoms with Crippen molar-refractivity contribution >= 4 is 11.6 Å². The Hall–Kier alpha value is -0.940. The summed E-state index contributed by atoms with van der Waals surface area (Å²) in [5.74, 6) is -0.385. The number of nitrogens with one attached hydrogen (secondary N) is 1. The van der Waals surface area contributed by atoms with Crippen LogP contribution in [0.3, 0.4) is 0 Å². The van der Waals surface area contributed by atoms with Gasteiger partial charge >= 0.3 is 6.36 Å². The number of benzene rings is 1. The van der Waals surface area contributed by atoms with Crippen molar-refractivity contribution < 1.29 is 17.9 Å². The molecule has 0 spiro atoms. The lowest BCUT2D eigenvalue weighted by Crippen LogP contribution is -2.17. The maximum atomic E-state index is 11.9. The molecule has 0 amide bonds. The van der Waals surface area contributed by atoms with Gasteiger partial charge in [-0.15, -0.1) is 13.2 Å². The fourth-order valence-corrected chi connectivity index (χ4v) is 1.31. The van der Waals surface area contributed by atoms with Gasteiger partial charge in [0.25, 0.3) is 0 Å². The summed E-state index contributed by atoms with van der Waals surface area (Å²) in [5, 5.41) is 2.80. The zero-order valence-electron chi connectivity index (χ0n) is 7.86. The Morgan fingerprint density at radius 2 is 2.07 bits per heavy atom. The van der Waals surface area contributed by atoms with Crippen LogP contribution in [0.1, 0.15) is 5.56 Å². The minimum atomic E-state index is -4.71. The third-order valence-corrected chi connectivity index (χ3v) is 1.90. The monoisotopic (exact) mass is 239 g/mol. The Morgan fingerprint density at radius 3 is 2.53 bits per heavy atom. The number of halogens is 4. The summed E-state index contributed by atoms with van der Waals surface area (Å²) < 4.78 is 39.3. The quantitative estimate of drug-likeness (QED) is 0.876. The lowest BCUT2D eigenvalue weighted by molar-refractivity contribution is -0.274. The smallest absolute Gasteiger partial charge is 0.404 e. The molecule has 1 aromatic rings. The molecule has 6 heteroatoms. The highest BCUT2D eigenvalue weighted by Gasteiger charge is 2.31. The Labute approximate surface area is 90.0 Å². The van der Waals surface area contributed by atoms with Crippen LogP contribution in [0.15, 0.2) is 18.2 Å². The summed E-state index contributed by atoms with van der Waals surface area (Å²) in [6.07, 6.45) is -4.71. The lowest BCUT2D eigenvalue weighted by Gasteiger charge is -2.11. The lowest BCUT2D eigenvalue weighted by atomic mass is 10.2. The van der Waals surface area contributed by atoms with E-state index in [0.717, 1.165) is 5.56 Å².